The van der Waals surface area contributed by atoms with E-state index in [0.29, 0.717) is 0 Å². The second-order valence-corrected chi connectivity index (χ2v) is 4.57. The van der Waals surface area contributed by atoms with Crippen LogP contribution in [-0.4, -0.2) is 35.6 Å². The zero-order valence-corrected chi connectivity index (χ0v) is 9.69. The molecule has 1 saturated carbocycles. The Labute approximate surface area is 92.4 Å². The van der Waals surface area contributed by atoms with Crippen LogP contribution in [0.1, 0.15) is 45.4 Å². The predicted molar refractivity (Wildman–Crippen MR) is 59.7 cm³/mol. The highest BCUT2D eigenvalue weighted by Gasteiger charge is 2.24. The van der Waals surface area contributed by atoms with E-state index in [9.17, 15) is 0 Å². The van der Waals surface area contributed by atoms with Crippen LogP contribution in [0.3, 0.4) is 0 Å². The Morgan fingerprint density at radius 3 is 2.60 bits per heavy atom. The van der Waals surface area contributed by atoms with E-state index in [1.807, 2.05) is 0 Å². The number of hydrogen-bond donors (Lipinski definition) is 2. The molecule has 0 aromatic rings. The van der Waals surface area contributed by atoms with Crippen molar-refractivity contribution in [3.8, 4) is 0 Å². The third-order valence-electron chi connectivity index (χ3n) is 3.22. The van der Waals surface area contributed by atoms with Gasteiger partial charge in [-0.25, -0.2) is 0 Å². The van der Waals surface area contributed by atoms with E-state index in [0.717, 1.165) is 18.8 Å². The first-order chi connectivity index (χ1) is 7.30. The van der Waals surface area contributed by atoms with E-state index >= 15 is 0 Å². The molecular weight excluding hydrogens is 192 g/mol. The summed E-state index contributed by atoms with van der Waals surface area (Å²) in [6.07, 6.45) is 7.11. The van der Waals surface area contributed by atoms with Crippen LogP contribution in [-0.2, 0) is 4.74 Å². The normalized spacial score (nSPS) is 27.2. The van der Waals surface area contributed by atoms with Gasteiger partial charge in [0.25, 0.3) is 0 Å². The van der Waals surface area contributed by atoms with Crippen LogP contribution in [0, 0.1) is 5.92 Å². The number of ether oxygens (including phenoxy) is 1. The molecule has 0 aliphatic heterocycles. The van der Waals surface area contributed by atoms with Gasteiger partial charge in [0.2, 0.25) is 0 Å². The van der Waals surface area contributed by atoms with Gasteiger partial charge in [0.05, 0.1) is 19.3 Å². The molecule has 1 aliphatic rings. The van der Waals surface area contributed by atoms with Crippen molar-refractivity contribution in [3.05, 3.63) is 0 Å². The van der Waals surface area contributed by atoms with Crippen molar-refractivity contribution in [1.82, 2.24) is 0 Å². The summed E-state index contributed by atoms with van der Waals surface area (Å²) in [6, 6.07) is 0. The van der Waals surface area contributed by atoms with Crippen LogP contribution < -0.4 is 0 Å². The van der Waals surface area contributed by atoms with Crippen LogP contribution in [0.5, 0.6) is 0 Å². The smallest absolute Gasteiger partial charge is 0.104 e. The molecule has 0 bridgehead atoms. The van der Waals surface area contributed by atoms with Gasteiger partial charge < -0.3 is 14.9 Å². The highest BCUT2D eigenvalue weighted by Crippen LogP contribution is 2.29. The molecule has 2 atom stereocenters. The van der Waals surface area contributed by atoms with E-state index < -0.39 is 0 Å². The standard InChI is InChI=1S/C12H24O3/c1-2-4-10-5-3-6-11(7-10)15-12(8-13)9-14/h10-14H,2-9H2,1H3. The summed E-state index contributed by atoms with van der Waals surface area (Å²) < 4.78 is 5.67. The van der Waals surface area contributed by atoms with Gasteiger partial charge in [-0.3, -0.25) is 0 Å². The minimum atomic E-state index is -0.379. The second-order valence-electron chi connectivity index (χ2n) is 4.57. The highest BCUT2D eigenvalue weighted by atomic mass is 16.5. The van der Waals surface area contributed by atoms with E-state index in [4.69, 9.17) is 14.9 Å². The summed E-state index contributed by atoms with van der Waals surface area (Å²) in [5.74, 6) is 0.784. The Balaban J connectivity index is 2.28. The molecule has 0 heterocycles. The summed E-state index contributed by atoms with van der Waals surface area (Å²) >= 11 is 0. The molecule has 0 amide bonds. The second kappa shape index (κ2) is 7.20. The van der Waals surface area contributed by atoms with Crippen molar-refractivity contribution in [2.75, 3.05) is 13.2 Å². The van der Waals surface area contributed by atoms with Gasteiger partial charge in [-0.15, -0.1) is 0 Å². The molecule has 1 rings (SSSR count). The first kappa shape index (κ1) is 12.9. The van der Waals surface area contributed by atoms with Crippen LogP contribution >= 0.6 is 0 Å². The van der Waals surface area contributed by atoms with Gasteiger partial charge in [-0.2, -0.15) is 0 Å². The Kier molecular flexibility index (Phi) is 6.22. The van der Waals surface area contributed by atoms with Gasteiger partial charge in [0, 0.05) is 0 Å². The van der Waals surface area contributed by atoms with E-state index in [1.165, 1.54) is 25.7 Å². The maximum Gasteiger partial charge on any atom is 0.104 e. The Hall–Kier alpha value is -0.120. The summed E-state index contributed by atoms with van der Waals surface area (Å²) in [5.41, 5.74) is 0. The van der Waals surface area contributed by atoms with Crippen molar-refractivity contribution in [2.45, 2.75) is 57.7 Å². The predicted octanol–water partition coefficient (Wildman–Crippen LogP) is 1.72. The maximum atomic E-state index is 8.94. The summed E-state index contributed by atoms with van der Waals surface area (Å²) in [6.45, 7) is 2.06. The molecule has 3 heteroatoms. The number of aliphatic hydroxyl groups excluding tert-OH is 2. The first-order valence-electron chi connectivity index (χ1n) is 6.17. The van der Waals surface area contributed by atoms with Crippen LogP contribution in [0.4, 0.5) is 0 Å². The van der Waals surface area contributed by atoms with Crippen LogP contribution in [0.2, 0.25) is 0 Å². The largest absolute Gasteiger partial charge is 0.394 e. The minimum Gasteiger partial charge on any atom is -0.394 e. The van der Waals surface area contributed by atoms with E-state index in [-0.39, 0.29) is 25.4 Å². The van der Waals surface area contributed by atoms with Crippen LogP contribution in [0.15, 0.2) is 0 Å². The molecule has 1 fully saturated rings. The lowest BCUT2D eigenvalue weighted by Gasteiger charge is -2.31. The fraction of sp³-hybridized carbons (Fsp3) is 1.00. The van der Waals surface area contributed by atoms with Crippen molar-refractivity contribution >= 4 is 0 Å². The van der Waals surface area contributed by atoms with Crippen LogP contribution in [0.25, 0.3) is 0 Å². The summed E-state index contributed by atoms with van der Waals surface area (Å²) in [5, 5.41) is 17.9. The lowest BCUT2D eigenvalue weighted by Crippen LogP contribution is -2.31. The van der Waals surface area contributed by atoms with Gasteiger partial charge in [0.1, 0.15) is 6.10 Å². The van der Waals surface area contributed by atoms with Crippen molar-refractivity contribution < 1.29 is 14.9 Å². The molecule has 0 saturated heterocycles. The minimum absolute atomic E-state index is 0.0779. The van der Waals surface area contributed by atoms with Crippen molar-refractivity contribution in [2.24, 2.45) is 5.92 Å². The average molecular weight is 216 g/mol. The van der Waals surface area contributed by atoms with Gasteiger partial charge in [0.15, 0.2) is 0 Å². The Morgan fingerprint density at radius 1 is 1.27 bits per heavy atom. The Morgan fingerprint density at radius 2 is 2.00 bits per heavy atom. The third kappa shape index (κ3) is 4.49. The molecule has 0 radical (unpaired) electrons. The van der Waals surface area contributed by atoms with Gasteiger partial charge in [-0.05, 0) is 18.8 Å². The van der Waals surface area contributed by atoms with E-state index in [1.54, 1.807) is 0 Å². The van der Waals surface area contributed by atoms with E-state index in [2.05, 4.69) is 6.92 Å². The average Bonchev–Trinajstić information content (AvgIpc) is 2.27. The maximum absolute atomic E-state index is 8.94. The molecule has 2 unspecified atom stereocenters. The molecular formula is C12H24O3. The topological polar surface area (TPSA) is 49.7 Å². The fourth-order valence-electron chi connectivity index (χ4n) is 2.45. The highest BCUT2D eigenvalue weighted by molar-refractivity contribution is 4.74. The van der Waals surface area contributed by atoms with Crippen molar-refractivity contribution in [3.63, 3.8) is 0 Å². The lowest BCUT2D eigenvalue weighted by atomic mass is 9.84. The molecule has 2 N–H and O–H groups in total. The lowest BCUT2D eigenvalue weighted by molar-refractivity contribution is -0.0814. The molecule has 3 nitrogen and oxygen atoms in total. The van der Waals surface area contributed by atoms with Crippen molar-refractivity contribution in [1.29, 1.82) is 0 Å². The summed E-state index contributed by atoms with van der Waals surface area (Å²) in [4.78, 5) is 0. The quantitative estimate of drug-likeness (QED) is 0.710. The first-order valence-corrected chi connectivity index (χ1v) is 6.17. The van der Waals surface area contributed by atoms with Gasteiger partial charge >= 0.3 is 0 Å². The molecule has 0 aromatic heterocycles. The molecule has 0 spiro atoms. The zero-order chi connectivity index (χ0) is 11.1. The molecule has 1 aliphatic carbocycles. The SMILES string of the molecule is CCCC1CCCC(OC(CO)CO)C1. The molecule has 15 heavy (non-hydrogen) atoms. The zero-order valence-electron chi connectivity index (χ0n) is 9.69. The molecule has 0 aromatic carbocycles. The number of rotatable bonds is 6. The third-order valence-corrected chi connectivity index (χ3v) is 3.22. The monoisotopic (exact) mass is 216 g/mol. The number of aliphatic hydroxyl groups is 2. The summed E-state index contributed by atoms with van der Waals surface area (Å²) in [7, 11) is 0. The fourth-order valence-corrected chi connectivity index (χ4v) is 2.45. The number of hydrogen-bond acceptors (Lipinski definition) is 3. The Bertz CT molecular complexity index is 155. The molecule has 90 valence electrons. The van der Waals surface area contributed by atoms with Gasteiger partial charge in [-0.1, -0.05) is 32.6 Å².